The molecule has 0 radical (unpaired) electrons. The fraction of sp³-hybridized carbons (Fsp3) is 0.250. The maximum atomic E-state index is 12.9. The van der Waals surface area contributed by atoms with Gasteiger partial charge in [0.05, 0.1) is 12.0 Å². The molecule has 0 aliphatic rings. The molecule has 0 saturated heterocycles. The van der Waals surface area contributed by atoms with Crippen molar-refractivity contribution in [3.63, 3.8) is 0 Å². The molecule has 3 rings (SSSR count). The van der Waals surface area contributed by atoms with E-state index in [1.165, 1.54) is 18.4 Å². The van der Waals surface area contributed by atoms with E-state index in [1.807, 2.05) is 57.2 Å². The highest BCUT2D eigenvalue weighted by Gasteiger charge is 2.24. The fourth-order valence-electron chi connectivity index (χ4n) is 3.60. The highest BCUT2D eigenvalue weighted by Crippen LogP contribution is 2.25. The summed E-state index contributed by atoms with van der Waals surface area (Å²) >= 11 is 1.31. The number of thiazole rings is 1. The lowest BCUT2D eigenvalue weighted by atomic mass is 9.98. The van der Waals surface area contributed by atoms with Crippen molar-refractivity contribution in [3.05, 3.63) is 75.3 Å². The summed E-state index contributed by atoms with van der Waals surface area (Å²) in [5.74, 6) is -0.804. The third-order valence-corrected chi connectivity index (χ3v) is 5.95. The topological polar surface area (TPSA) is 85.4 Å². The number of nitrogens with one attached hydrogen (secondary N) is 1. The molecule has 1 N–H and O–H groups in total. The zero-order valence-electron chi connectivity index (χ0n) is 17.9. The van der Waals surface area contributed by atoms with Gasteiger partial charge in [0.2, 0.25) is 0 Å². The molecule has 6 nitrogen and oxygen atoms in total. The summed E-state index contributed by atoms with van der Waals surface area (Å²) in [5, 5.41) is 3.58. The van der Waals surface area contributed by atoms with Crippen molar-refractivity contribution >= 4 is 29.5 Å². The minimum absolute atomic E-state index is 0.292. The average molecular weight is 437 g/mol. The van der Waals surface area contributed by atoms with E-state index < -0.39 is 12.0 Å². The Hall–Kier alpha value is -3.32. The van der Waals surface area contributed by atoms with Crippen molar-refractivity contribution in [2.24, 2.45) is 0 Å². The summed E-state index contributed by atoms with van der Waals surface area (Å²) < 4.78 is 4.91. The van der Waals surface area contributed by atoms with Crippen molar-refractivity contribution in [3.8, 4) is 10.6 Å². The summed E-state index contributed by atoms with van der Waals surface area (Å²) in [4.78, 5) is 41.0. The zero-order chi connectivity index (χ0) is 22.5. The molecule has 1 heterocycles. The molecule has 160 valence electrons. The van der Waals surface area contributed by atoms with Crippen molar-refractivity contribution < 1.29 is 19.1 Å². The van der Waals surface area contributed by atoms with Gasteiger partial charge in [0, 0.05) is 23.7 Å². The molecule has 0 fully saturated rings. The van der Waals surface area contributed by atoms with Crippen molar-refractivity contribution in [2.45, 2.75) is 33.2 Å². The van der Waals surface area contributed by atoms with Crippen LogP contribution in [0.3, 0.4) is 0 Å². The quantitative estimate of drug-likeness (QED) is 0.446. The van der Waals surface area contributed by atoms with Gasteiger partial charge in [-0.1, -0.05) is 42.0 Å². The number of aromatic nitrogens is 1. The Kier molecular flexibility index (Phi) is 6.97. The number of benzene rings is 2. The molecular formula is C24H24N2O4S. The number of carbonyl (C=O) groups is 3. The molecule has 2 aromatic carbocycles. The van der Waals surface area contributed by atoms with Crippen LogP contribution in [-0.4, -0.2) is 36.3 Å². The Morgan fingerprint density at radius 3 is 2.32 bits per heavy atom. The van der Waals surface area contributed by atoms with Crippen LogP contribution in [-0.2, 0) is 16.0 Å². The van der Waals surface area contributed by atoms with Crippen LogP contribution in [0.25, 0.3) is 10.6 Å². The Labute approximate surface area is 185 Å². The number of methoxy groups -OCH3 is 1. The van der Waals surface area contributed by atoms with Crippen LogP contribution in [0.4, 0.5) is 0 Å². The van der Waals surface area contributed by atoms with E-state index in [4.69, 9.17) is 4.74 Å². The predicted octanol–water partition coefficient (Wildman–Crippen LogP) is 4.06. The molecule has 3 aromatic rings. The van der Waals surface area contributed by atoms with Crippen LogP contribution < -0.4 is 5.32 Å². The van der Waals surface area contributed by atoms with Crippen LogP contribution >= 0.6 is 11.3 Å². The summed E-state index contributed by atoms with van der Waals surface area (Å²) in [6.07, 6.45) is 2.61. The lowest BCUT2D eigenvalue weighted by Crippen LogP contribution is -2.43. The van der Waals surface area contributed by atoms with E-state index in [0.717, 1.165) is 39.1 Å². The number of hydrogen-bond acceptors (Lipinski definition) is 6. The maximum Gasteiger partial charge on any atom is 0.328 e. The highest BCUT2D eigenvalue weighted by atomic mass is 32.1. The van der Waals surface area contributed by atoms with Crippen molar-refractivity contribution in [1.29, 1.82) is 0 Å². The molecule has 1 aromatic heterocycles. The number of carbonyl (C=O) groups excluding carboxylic acids is 3. The maximum absolute atomic E-state index is 12.9. The van der Waals surface area contributed by atoms with Gasteiger partial charge in [-0.2, -0.15) is 0 Å². The Morgan fingerprint density at radius 1 is 1.13 bits per heavy atom. The molecule has 1 atom stereocenters. The number of amides is 1. The summed E-state index contributed by atoms with van der Waals surface area (Å²) in [7, 11) is 1.31. The summed E-state index contributed by atoms with van der Waals surface area (Å²) in [6, 6.07) is 10.6. The molecule has 0 bridgehead atoms. The van der Waals surface area contributed by atoms with Crippen LogP contribution in [0.2, 0.25) is 0 Å². The molecule has 1 amide bonds. The van der Waals surface area contributed by atoms with E-state index >= 15 is 0 Å². The molecule has 0 saturated carbocycles. The van der Waals surface area contributed by atoms with E-state index in [1.54, 1.807) is 6.20 Å². The lowest BCUT2D eigenvalue weighted by Gasteiger charge is -2.19. The van der Waals surface area contributed by atoms with E-state index in [0.29, 0.717) is 16.9 Å². The van der Waals surface area contributed by atoms with Gasteiger partial charge in [-0.05, 0) is 37.5 Å². The number of aryl methyl sites for hydroxylation is 3. The number of esters is 1. The molecule has 31 heavy (non-hydrogen) atoms. The monoisotopic (exact) mass is 436 g/mol. The largest absolute Gasteiger partial charge is 0.467 e. The Bertz CT molecular complexity index is 1100. The SMILES string of the molecule is COC(=O)C(Cc1ccc(-c2ncc(C=O)s2)cc1)NC(=O)c1c(C)cc(C)cc1C. The Balaban J connectivity index is 1.78. The number of ether oxygens (including phenoxy) is 1. The first-order chi connectivity index (χ1) is 14.8. The summed E-state index contributed by atoms with van der Waals surface area (Å²) in [6.45, 7) is 5.75. The average Bonchev–Trinajstić information content (AvgIpc) is 3.21. The van der Waals surface area contributed by atoms with Gasteiger partial charge in [0.25, 0.3) is 5.91 Å². The molecule has 0 spiro atoms. The van der Waals surface area contributed by atoms with Crippen LogP contribution in [0, 0.1) is 20.8 Å². The number of hydrogen-bond donors (Lipinski definition) is 1. The van der Waals surface area contributed by atoms with E-state index in [2.05, 4.69) is 10.3 Å². The van der Waals surface area contributed by atoms with Gasteiger partial charge >= 0.3 is 5.97 Å². The first kappa shape index (κ1) is 22.4. The van der Waals surface area contributed by atoms with Gasteiger partial charge in [-0.25, -0.2) is 9.78 Å². The molecular weight excluding hydrogens is 412 g/mol. The van der Waals surface area contributed by atoms with Gasteiger partial charge in [0.1, 0.15) is 11.0 Å². The minimum Gasteiger partial charge on any atom is -0.467 e. The van der Waals surface area contributed by atoms with Crippen LogP contribution in [0.1, 0.15) is 42.3 Å². The Morgan fingerprint density at radius 2 is 1.77 bits per heavy atom. The second kappa shape index (κ2) is 9.66. The van der Waals surface area contributed by atoms with Gasteiger partial charge < -0.3 is 10.1 Å². The van der Waals surface area contributed by atoms with E-state index in [9.17, 15) is 14.4 Å². The normalized spacial score (nSPS) is 11.6. The van der Waals surface area contributed by atoms with Crippen LogP contribution in [0.15, 0.2) is 42.6 Å². The van der Waals surface area contributed by atoms with Crippen molar-refractivity contribution in [2.75, 3.05) is 7.11 Å². The van der Waals surface area contributed by atoms with Gasteiger partial charge in [0.15, 0.2) is 6.29 Å². The minimum atomic E-state index is -0.815. The van der Waals surface area contributed by atoms with Gasteiger partial charge in [-0.15, -0.1) is 11.3 Å². The third-order valence-electron chi connectivity index (χ3n) is 4.98. The number of nitrogens with zero attached hydrogens (tertiary/aromatic N) is 1. The first-order valence-electron chi connectivity index (χ1n) is 9.79. The van der Waals surface area contributed by atoms with Gasteiger partial charge in [-0.3, -0.25) is 9.59 Å². The van der Waals surface area contributed by atoms with Crippen LogP contribution in [0.5, 0.6) is 0 Å². The standard InChI is InChI=1S/C24H24N2O4S/c1-14-9-15(2)21(16(3)10-14)22(28)26-20(24(29)30-4)11-17-5-7-18(8-6-17)23-25-12-19(13-27)31-23/h5-10,12-13,20H,11H2,1-4H3,(H,26,28). The molecule has 1 unspecified atom stereocenters. The molecule has 0 aliphatic carbocycles. The zero-order valence-corrected chi connectivity index (χ0v) is 18.7. The second-order valence-electron chi connectivity index (χ2n) is 7.41. The predicted molar refractivity (Wildman–Crippen MR) is 121 cm³/mol. The lowest BCUT2D eigenvalue weighted by molar-refractivity contribution is -0.142. The highest BCUT2D eigenvalue weighted by molar-refractivity contribution is 7.16. The van der Waals surface area contributed by atoms with E-state index in [-0.39, 0.29) is 5.91 Å². The van der Waals surface area contributed by atoms with Crippen molar-refractivity contribution in [1.82, 2.24) is 10.3 Å². The third kappa shape index (κ3) is 5.24. The smallest absolute Gasteiger partial charge is 0.328 e. The number of aldehydes is 1. The molecule has 0 aliphatic heterocycles. The fourth-order valence-corrected chi connectivity index (χ4v) is 4.33. The second-order valence-corrected chi connectivity index (χ2v) is 8.47. The number of rotatable bonds is 7. The molecule has 7 heteroatoms. The first-order valence-corrected chi connectivity index (χ1v) is 10.6. The summed E-state index contributed by atoms with van der Waals surface area (Å²) in [5.41, 5.74) is 5.12.